The highest BCUT2D eigenvalue weighted by Gasteiger charge is 2.05. The van der Waals surface area contributed by atoms with E-state index >= 15 is 0 Å². The van der Waals surface area contributed by atoms with Crippen molar-refractivity contribution in [2.45, 2.75) is 26.7 Å². The van der Waals surface area contributed by atoms with Gasteiger partial charge in [-0.3, -0.25) is 9.63 Å². The summed E-state index contributed by atoms with van der Waals surface area (Å²) >= 11 is 0. The number of amides is 1. The third-order valence-corrected chi connectivity index (χ3v) is 0.836. The molecule has 1 fully saturated rings. The second kappa shape index (κ2) is 5.56. The van der Waals surface area contributed by atoms with Crippen LogP contribution < -0.4 is 5.48 Å². The Morgan fingerprint density at radius 1 is 1.56 bits per heavy atom. The van der Waals surface area contributed by atoms with Gasteiger partial charge >= 0.3 is 0 Å². The van der Waals surface area contributed by atoms with Gasteiger partial charge in [0.15, 0.2) is 0 Å². The molecule has 0 aromatic rings. The third kappa shape index (κ3) is 3.97. The summed E-state index contributed by atoms with van der Waals surface area (Å²) in [6, 6.07) is 0. The van der Waals surface area contributed by atoms with E-state index < -0.39 is 0 Å². The number of carbonyl (C=O) groups excluding carboxylic acids is 1. The largest absolute Gasteiger partial charge is 0.274 e. The molecule has 0 saturated carbocycles. The van der Waals surface area contributed by atoms with Crippen LogP contribution in [0.1, 0.15) is 26.7 Å². The van der Waals surface area contributed by atoms with Gasteiger partial charge in [0.05, 0.1) is 6.61 Å². The molecule has 3 heteroatoms. The number of rotatable bonds is 0. The van der Waals surface area contributed by atoms with Crippen molar-refractivity contribution in [3.63, 3.8) is 0 Å². The van der Waals surface area contributed by atoms with E-state index in [0.717, 1.165) is 6.42 Å². The van der Waals surface area contributed by atoms with E-state index in [9.17, 15) is 4.79 Å². The SMILES string of the molecule is CC.O=C1CCCON1. The maximum Gasteiger partial charge on any atom is 0.243 e. The molecule has 0 bridgehead atoms. The smallest absolute Gasteiger partial charge is 0.243 e. The van der Waals surface area contributed by atoms with Crippen LogP contribution in [-0.4, -0.2) is 12.5 Å². The fraction of sp³-hybridized carbons (Fsp3) is 0.833. The highest BCUT2D eigenvalue weighted by Crippen LogP contribution is 1.93. The van der Waals surface area contributed by atoms with Gasteiger partial charge in [0.2, 0.25) is 5.91 Å². The molecule has 1 aliphatic rings. The Balaban J connectivity index is 0.000000291. The van der Waals surface area contributed by atoms with Gasteiger partial charge < -0.3 is 0 Å². The zero-order valence-electron chi connectivity index (χ0n) is 5.94. The van der Waals surface area contributed by atoms with E-state index in [0.29, 0.717) is 13.0 Å². The van der Waals surface area contributed by atoms with Crippen molar-refractivity contribution in [1.82, 2.24) is 5.48 Å². The Labute approximate surface area is 55.3 Å². The maximum absolute atomic E-state index is 10.2. The summed E-state index contributed by atoms with van der Waals surface area (Å²) in [5.41, 5.74) is 2.24. The van der Waals surface area contributed by atoms with Crippen LogP contribution in [0.4, 0.5) is 0 Å². The third-order valence-electron chi connectivity index (χ3n) is 0.836. The molecule has 1 rings (SSSR count). The van der Waals surface area contributed by atoms with E-state index in [1.54, 1.807) is 0 Å². The number of nitrogens with one attached hydrogen (secondary N) is 1. The van der Waals surface area contributed by atoms with Gasteiger partial charge in [-0.2, -0.15) is 0 Å². The molecule has 0 unspecified atom stereocenters. The molecule has 0 aliphatic carbocycles. The number of hydrogen-bond donors (Lipinski definition) is 1. The van der Waals surface area contributed by atoms with Crippen molar-refractivity contribution in [1.29, 1.82) is 0 Å². The van der Waals surface area contributed by atoms with E-state index in [1.807, 2.05) is 13.8 Å². The Bertz CT molecular complexity index is 75.1. The molecule has 1 amide bonds. The Hall–Kier alpha value is -0.570. The minimum Gasteiger partial charge on any atom is -0.274 e. The first kappa shape index (κ1) is 8.43. The van der Waals surface area contributed by atoms with Gasteiger partial charge in [-0.1, -0.05) is 13.8 Å². The van der Waals surface area contributed by atoms with Crippen molar-refractivity contribution >= 4 is 5.91 Å². The molecule has 1 saturated heterocycles. The van der Waals surface area contributed by atoms with Crippen LogP contribution in [-0.2, 0) is 9.63 Å². The first-order valence-corrected chi connectivity index (χ1v) is 3.30. The van der Waals surface area contributed by atoms with E-state index in [-0.39, 0.29) is 5.91 Å². The van der Waals surface area contributed by atoms with Gasteiger partial charge in [-0.05, 0) is 6.42 Å². The highest BCUT2D eigenvalue weighted by molar-refractivity contribution is 5.75. The molecule has 0 radical (unpaired) electrons. The number of hydrogen-bond acceptors (Lipinski definition) is 2. The lowest BCUT2D eigenvalue weighted by Gasteiger charge is -2.09. The van der Waals surface area contributed by atoms with Gasteiger partial charge in [0.1, 0.15) is 0 Å². The maximum atomic E-state index is 10.2. The number of hydroxylamine groups is 1. The van der Waals surface area contributed by atoms with E-state index in [4.69, 9.17) is 0 Å². The van der Waals surface area contributed by atoms with Crippen molar-refractivity contribution in [2.24, 2.45) is 0 Å². The first-order chi connectivity index (χ1) is 4.39. The normalized spacial score (nSPS) is 17.3. The van der Waals surface area contributed by atoms with Crippen LogP contribution in [0.25, 0.3) is 0 Å². The van der Waals surface area contributed by atoms with Crippen LogP contribution in [0.3, 0.4) is 0 Å². The van der Waals surface area contributed by atoms with Crippen LogP contribution in [0.2, 0.25) is 0 Å². The van der Waals surface area contributed by atoms with Crippen molar-refractivity contribution in [2.75, 3.05) is 6.61 Å². The summed E-state index contributed by atoms with van der Waals surface area (Å²) in [7, 11) is 0. The predicted octanol–water partition coefficient (Wildman–Crippen LogP) is 0.854. The molecule has 0 atom stereocenters. The average molecular weight is 131 g/mol. The molecule has 1 aliphatic heterocycles. The summed E-state index contributed by atoms with van der Waals surface area (Å²) in [6.07, 6.45) is 1.46. The quantitative estimate of drug-likeness (QED) is 0.529. The molecule has 1 N–H and O–H groups in total. The molecule has 0 spiro atoms. The van der Waals surface area contributed by atoms with Gasteiger partial charge in [-0.25, -0.2) is 5.48 Å². The van der Waals surface area contributed by atoms with E-state index in [2.05, 4.69) is 10.3 Å². The molecule has 9 heavy (non-hydrogen) atoms. The predicted molar refractivity (Wildman–Crippen MR) is 34.7 cm³/mol. The molecule has 0 aromatic carbocycles. The summed E-state index contributed by atoms with van der Waals surface area (Å²) in [5.74, 6) is -0.00810. The van der Waals surface area contributed by atoms with Crippen LogP contribution in [0.15, 0.2) is 0 Å². The second-order valence-corrected chi connectivity index (χ2v) is 1.48. The van der Waals surface area contributed by atoms with Crippen LogP contribution >= 0.6 is 0 Å². The van der Waals surface area contributed by atoms with Crippen LogP contribution in [0.5, 0.6) is 0 Å². The lowest BCUT2D eigenvalue weighted by atomic mass is 10.3. The topological polar surface area (TPSA) is 38.3 Å². The summed E-state index contributed by atoms with van der Waals surface area (Å²) in [4.78, 5) is 14.8. The first-order valence-electron chi connectivity index (χ1n) is 3.30. The average Bonchev–Trinajstić information content (AvgIpc) is 1.94. The second-order valence-electron chi connectivity index (χ2n) is 1.48. The summed E-state index contributed by atoms with van der Waals surface area (Å²) in [5, 5.41) is 0. The van der Waals surface area contributed by atoms with Gasteiger partial charge in [-0.15, -0.1) is 0 Å². The highest BCUT2D eigenvalue weighted by atomic mass is 16.7. The van der Waals surface area contributed by atoms with Gasteiger partial charge in [0, 0.05) is 6.42 Å². The number of carbonyl (C=O) groups is 1. The Kier molecular flexibility index (Phi) is 5.21. The lowest BCUT2D eigenvalue weighted by Crippen LogP contribution is -2.28. The fourth-order valence-electron chi connectivity index (χ4n) is 0.487. The zero-order valence-corrected chi connectivity index (χ0v) is 5.94. The van der Waals surface area contributed by atoms with E-state index in [1.165, 1.54) is 0 Å². The lowest BCUT2D eigenvalue weighted by molar-refractivity contribution is -0.138. The van der Waals surface area contributed by atoms with Crippen molar-refractivity contribution in [3.8, 4) is 0 Å². The fourth-order valence-corrected chi connectivity index (χ4v) is 0.487. The Morgan fingerprint density at radius 2 is 2.22 bits per heavy atom. The minimum absolute atomic E-state index is 0.00810. The molecule has 0 aromatic heterocycles. The van der Waals surface area contributed by atoms with Crippen molar-refractivity contribution in [3.05, 3.63) is 0 Å². The minimum atomic E-state index is -0.00810. The molecule has 3 nitrogen and oxygen atoms in total. The van der Waals surface area contributed by atoms with Gasteiger partial charge in [0.25, 0.3) is 0 Å². The standard InChI is InChI=1S/C4H7NO2.C2H6/c6-4-2-1-3-7-5-4;1-2/h1-3H2,(H,5,6);1-2H3. The molecule has 1 heterocycles. The molecule has 54 valence electrons. The summed E-state index contributed by atoms with van der Waals surface area (Å²) < 4.78 is 0. The monoisotopic (exact) mass is 131 g/mol. The zero-order chi connectivity index (χ0) is 7.11. The Morgan fingerprint density at radius 3 is 2.44 bits per heavy atom. The summed E-state index contributed by atoms with van der Waals surface area (Å²) in [6.45, 7) is 4.66. The molecular weight excluding hydrogens is 118 g/mol. The van der Waals surface area contributed by atoms with Crippen LogP contribution in [0, 0.1) is 0 Å². The molecular formula is C6H13NO2. The van der Waals surface area contributed by atoms with Crippen molar-refractivity contribution < 1.29 is 9.63 Å².